The van der Waals surface area contributed by atoms with Crippen LogP contribution < -0.4 is 14.8 Å². The number of alkyl halides is 2. The SMILES string of the molecule is Cc1c(-c2cc(OC(CO)c3ccc(F)cn3)c3c(OC(F)F)cnn3c2)nn2c1CN(CC1CC(NC#N)C1)CC2. The summed E-state index contributed by atoms with van der Waals surface area (Å²) in [7, 11) is 0. The van der Waals surface area contributed by atoms with Crippen LogP contribution in [-0.2, 0) is 13.1 Å². The molecule has 2 N–H and O–H groups in total. The number of pyridine rings is 2. The Bertz CT molecular complexity index is 1610. The van der Waals surface area contributed by atoms with Crippen molar-refractivity contribution in [3.8, 4) is 28.9 Å². The summed E-state index contributed by atoms with van der Waals surface area (Å²) in [5.74, 6) is -0.0843. The van der Waals surface area contributed by atoms with Crippen LogP contribution in [0.2, 0.25) is 0 Å². The minimum Gasteiger partial charge on any atom is -0.479 e. The van der Waals surface area contributed by atoms with E-state index in [1.807, 2.05) is 17.8 Å². The van der Waals surface area contributed by atoms with Gasteiger partial charge in [-0.2, -0.15) is 24.2 Å². The minimum atomic E-state index is -3.09. The lowest BCUT2D eigenvalue weighted by Crippen LogP contribution is -2.45. The molecule has 4 aromatic heterocycles. The number of nitrogens with one attached hydrogen (secondary N) is 1. The van der Waals surface area contributed by atoms with Crippen LogP contribution in [0.15, 0.2) is 36.8 Å². The molecule has 0 amide bonds. The molecule has 0 spiro atoms. The van der Waals surface area contributed by atoms with Gasteiger partial charge in [0.15, 0.2) is 29.3 Å². The standard InChI is InChI=1S/C28H29F3N8O3/c1-16-22-13-37(11-17-6-20(7-17)34-15-32)4-5-38(22)36-26(16)18-8-23(27-24(42-28(30)31)10-35-39(27)12-18)41-25(14-40)21-3-2-19(29)9-33-21/h2-3,8-10,12,17,20,25,28,34,40H,4-7,11,13-14H2,1H3. The Balaban J connectivity index is 1.31. The maximum absolute atomic E-state index is 13.5. The van der Waals surface area contributed by atoms with E-state index in [0.717, 1.165) is 49.9 Å². The molecule has 0 saturated heterocycles. The van der Waals surface area contributed by atoms with Gasteiger partial charge >= 0.3 is 6.61 Å². The molecule has 1 aliphatic carbocycles. The number of fused-ring (bicyclic) bond motifs is 2. The molecule has 42 heavy (non-hydrogen) atoms. The molecule has 1 atom stereocenters. The van der Waals surface area contributed by atoms with Crippen molar-refractivity contribution in [3.05, 3.63) is 59.6 Å². The number of nitriles is 1. The largest absolute Gasteiger partial charge is 0.479 e. The third-order valence-corrected chi connectivity index (χ3v) is 7.89. The van der Waals surface area contributed by atoms with Crippen molar-refractivity contribution < 1.29 is 27.8 Å². The third kappa shape index (κ3) is 5.45. The number of hydrogen-bond acceptors (Lipinski definition) is 9. The molecule has 0 bridgehead atoms. The highest BCUT2D eigenvalue weighted by atomic mass is 19.3. The quantitative estimate of drug-likeness (QED) is 0.214. The molecule has 11 nitrogen and oxygen atoms in total. The van der Waals surface area contributed by atoms with E-state index >= 15 is 0 Å². The van der Waals surface area contributed by atoms with Crippen LogP contribution in [0.4, 0.5) is 13.2 Å². The van der Waals surface area contributed by atoms with E-state index in [9.17, 15) is 18.3 Å². The highest BCUT2D eigenvalue weighted by Crippen LogP contribution is 2.38. The molecule has 1 fully saturated rings. The summed E-state index contributed by atoms with van der Waals surface area (Å²) >= 11 is 0. The van der Waals surface area contributed by atoms with Gasteiger partial charge in [0, 0.05) is 37.4 Å². The average Bonchev–Trinajstić information content (AvgIpc) is 3.51. The molecule has 5 heterocycles. The number of aromatic nitrogens is 5. The Morgan fingerprint density at radius 2 is 2.02 bits per heavy atom. The highest BCUT2D eigenvalue weighted by molar-refractivity contribution is 5.75. The Hall–Kier alpha value is -4.35. The van der Waals surface area contributed by atoms with Crippen molar-refractivity contribution >= 4 is 5.52 Å². The zero-order valence-corrected chi connectivity index (χ0v) is 22.8. The van der Waals surface area contributed by atoms with Crippen molar-refractivity contribution in [1.82, 2.24) is 34.6 Å². The predicted molar refractivity (Wildman–Crippen MR) is 143 cm³/mol. The number of hydrogen-bond donors (Lipinski definition) is 2. The fourth-order valence-electron chi connectivity index (χ4n) is 5.77. The van der Waals surface area contributed by atoms with Gasteiger partial charge in [0.1, 0.15) is 5.82 Å². The number of ether oxygens (including phenoxy) is 2. The van der Waals surface area contributed by atoms with Gasteiger partial charge in [-0.25, -0.2) is 8.91 Å². The first-order valence-electron chi connectivity index (χ1n) is 13.6. The number of nitrogens with zero attached hydrogens (tertiary/aromatic N) is 7. The Morgan fingerprint density at radius 1 is 1.19 bits per heavy atom. The van der Waals surface area contributed by atoms with E-state index in [1.54, 1.807) is 12.3 Å². The van der Waals surface area contributed by atoms with Crippen molar-refractivity contribution in [2.24, 2.45) is 5.92 Å². The molecule has 0 aromatic carbocycles. The van der Waals surface area contributed by atoms with Crippen LogP contribution in [0.3, 0.4) is 0 Å². The summed E-state index contributed by atoms with van der Waals surface area (Å²) in [6, 6.07) is 4.50. The first-order valence-corrected chi connectivity index (χ1v) is 13.6. The van der Waals surface area contributed by atoms with Crippen LogP contribution in [-0.4, -0.2) is 66.7 Å². The Kier molecular flexibility index (Phi) is 7.61. The average molecular weight is 583 g/mol. The summed E-state index contributed by atoms with van der Waals surface area (Å²) in [6.07, 6.45) is 6.82. The molecule has 1 unspecified atom stereocenters. The number of aliphatic hydroxyl groups excluding tert-OH is 1. The third-order valence-electron chi connectivity index (χ3n) is 7.89. The minimum absolute atomic E-state index is 0.114. The van der Waals surface area contributed by atoms with Gasteiger partial charge in [-0.15, -0.1) is 0 Å². The molecule has 6 rings (SSSR count). The first-order chi connectivity index (χ1) is 20.3. The van der Waals surface area contributed by atoms with Gasteiger partial charge < -0.3 is 19.9 Å². The maximum Gasteiger partial charge on any atom is 0.387 e. The maximum atomic E-state index is 13.5. The van der Waals surface area contributed by atoms with Crippen LogP contribution >= 0.6 is 0 Å². The molecule has 1 saturated carbocycles. The lowest BCUT2D eigenvalue weighted by molar-refractivity contribution is -0.0489. The van der Waals surface area contributed by atoms with Crippen molar-refractivity contribution in [3.63, 3.8) is 0 Å². The molecule has 14 heteroatoms. The highest BCUT2D eigenvalue weighted by Gasteiger charge is 2.32. The molecule has 0 radical (unpaired) electrons. The van der Waals surface area contributed by atoms with Gasteiger partial charge in [-0.3, -0.25) is 14.6 Å². The van der Waals surface area contributed by atoms with Crippen LogP contribution in [0.25, 0.3) is 16.8 Å². The zero-order chi connectivity index (χ0) is 29.4. The first kappa shape index (κ1) is 27.8. The summed E-state index contributed by atoms with van der Waals surface area (Å²) in [4.78, 5) is 6.41. The van der Waals surface area contributed by atoms with E-state index in [2.05, 4.69) is 25.0 Å². The number of rotatable bonds is 10. The summed E-state index contributed by atoms with van der Waals surface area (Å²) in [5.41, 5.74) is 3.76. The predicted octanol–water partition coefficient (Wildman–Crippen LogP) is 3.42. The molecular weight excluding hydrogens is 553 g/mol. The monoisotopic (exact) mass is 582 g/mol. The molecular formula is C28H29F3N8O3. The second kappa shape index (κ2) is 11.5. The van der Waals surface area contributed by atoms with Crippen molar-refractivity contribution in [2.75, 3.05) is 19.7 Å². The van der Waals surface area contributed by atoms with E-state index in [-0.39, 0.29) is 28.8 Å². The Morgan fingerprint density at radius 3 is 2.74 bits per heavy atom. The molecule has 4 aromatic rings. The summed E-state index contributed by atoms with van der Waals surface area (Å²) in [5, 5.41) is 30.8. The van der Waals surface area contributed by atoms with Crippen LogP contribution in [0, 0.1) is 30.1 Å². The number of halogens is 3. The summed E-state index contributed by atoms with van der Waals surface area (Å²) in [6.45, 7) is 1.65. The number of aliphatic hydroxyl groups is 1. The molecule has 1 aliphatic heterocycles. The van der Waals surface area contributed by atoms with Crippen molar-refractivity contribution in [1.29, 1.82) is 5.26 Å². The van der Waals surface area contributed by atoms with Crippen LogP contribution in [0.5, 0.6) is 11.5 Å². The van der Waals surface area contributed by atoms with Gasteiger partial charge in [0.2, 0.25) is 0 Å². The van der Waals surface area contributed by atoms with E-state index < -0.39 is 25.1 Å². The molecule has 220 valence electrons. The lowest BCUT2D eigenvalue weighted by Gasteiger charge is -2.39. The second-order valence-electron chi connectivity index (χ2n) is 10.6. The van der Waals surface area contributed by atoms with Gasteiger partial charge in [0.25, 0.3) is 0 Å². The van der Waals surface area contributed by atoms with E-state index in [0.29, 0.717) is 23.7 Å². The normalized spacial score (nSPS) is 19.3. The second-order valence-corrected chi connectivity index (χ2v) is 10.6. The van der Waals surface area contributed by atoms with E-state index in [1.165, 1.54) is 22.8 Å². The van der Waals surface area contributed by atoms with Crippen LogP contribution in [0.1, 0.15) is 35.9 Å². The van der Waals surface area contributed by atoms with E-state index in [4.69, 9.17) is 15.1 Å². The van der Waals surface area contributed by atoms with Gasteiger partial charge in [-0.1, -0.05) is 0 Å². The van der Waals surface area contributed by atoms with Gasteiger partial charge in [0.05, 0.1) is 42.6 Å². The molecule has 2 aliphatic rings. The lowest BCUT2D eigenvalue weighted by atomic mass is 9.80. The summed E-state index contributed by atoms with van der Waals surface area (Å²) < 4.78 is 54.0. The zero-order valence-electron chi connectivity index (χ0n) is 22.8. The smallest absolute Gasteiger partial charge is 0.387 e. The topological polar surface area (TPSA) is 126 Å². The van der Waals surface area contributed by atoms with Gasteiger partial charge in [-0.05, 0) is 49.4 Å². The van der Waals surface area contributed by atoms with Crippen molar-refractivity contribution in [2.45, 2.75) is 51.6 Å². The fourth-order valence-corrected chi connectivity index (χ4v) is 5.77. The Labute approximate surface area is 239 Å². The fraction of sp³-hybridized carbons (Fsp3) is 0.429.